The second-order valence-electron chi connectivity index (χ2n) is 3.61. The number of nitrogens with two attached hydrogens (primary N) is 1. The highest BCUT2D eigenvalue weighted by atomic mass is 35.5. The summed E-state index contributed by atoms with van der Waals surface area (Å²) in [7, 11) is 1.57. The van der Waals surface area contributed by atoms with E-state index in [1.807, 2.05) is 0 Å². The number of hydrogen-bond acceptors (Lipinski definition) is 3. The van der Waals surface area contributed by atoms with Gasteiger partial charge in [0.15, 0.2) is 0 Å². The maximum absolute atomic E-state index is 9.94. The van der Waals surface area contributed by atoms with Gasteiger partial charge in [-0.05, 0) is 12.5 Å². The van der Waals surface area contributed by atoms with Gasteiger partial charge in [0.05, 0.1) is 22.8 Å². The van der Waals surface area contributed by atoms with E-state index >= 15 is 0 Å². The third-order valence-electron chi connectivity index (χ3n) is 2.25. The summed E-state index contributed by atoms with van der Waals surface area (Å²) < 4.78 is 4.90. The molecule has 0 bridgehead atoms. The van der Waals surface area contributed by atoms with Gasteiger partial charge < -0.3 is 15.6 Å². The average Bonchev–Trinajstić information content (AvgIpc) is 2.22. The smallest absolute Gasteiger partial charge is 0.0820 e. The molecule has 2 unspecified atom stereocenters. The Kier molecular flexibility index (Phi) is 5.52. The van der Waals surface area contributed by atoms with Gasteiger partial charge >= 0.3 is 0 Å². The van der Waals surface area contributed by atoms with Gasteiger partial charge in [-0.1, -0.05) is 35.3 Å². The summed E-state index contributed by atoms with van der Waals surface area (Å²) in [5.41, 5.74) is 6.35. The third-order valence-corrected chi connectivity index (χ3v) is 3.08. The van der Waals surface area contributed by atoms with Gasteiger partial charge in [-0.25, -0.2) is 0 Å². The van der Waals surface area contributed by atoms with Crippen molar-refractivity contribution >= 4 is 23.2 Å². The molecule has 3 N–H and O–H groups in total. The van der Waals surface area contributed by atoms with Gasteiger partial charge in [0.1, 0.15) is 0 Å². The molecule has 0 heterocycles. The van der Waals surface area contributed by atoms with E-state index in [1.165, 1.54) is 0 Å². The summed E-state index contributed by atoms with van der Waals surface area (Å²) in [5, 5.41) is 10.7. The second-order valence-corrected chi connectivity index (χ2v) is 4.40. The molecule has 0 aliphatic heterocycles. The number of methoxy groups -OCH3 is 1. The van der Waals surface area contributed by atoms with E-state index in [1.54, 1.807) is 25.3 Å². The Bertz CT molecular complexity index is 347. The molecule has 0 aliphatic rings. The molecule has 90 valence electrons. The summed E-state index contributed by atoms with van der Waals surface area (Å²) in [6, 6.07) is 4.93. The monoisotopic (exact) mass is 263 g/mol. The number of rotatable bonds is 5. The predicted molar refractivity (Wildman–Crippen MR) is 65.9 cm³/mol. The van der Waals surface area contributed by atoms with Crippen molar-refractivity contribution in [2.24, 2.45) is 5.73 Å². The molecule has 0 amide bonds. The number of hydrogen-bond donors (Lipinski definition) is 2. The quantitative estimate of drug-likeness (QED) is 0.858. The molecule has 5 heteroatoms. The minimum absolute atomic E-state index is 0.227. The van der Waals surface area contributed by atoms with Crippen molar-refractivity contribution in [2.45, 2.75) is 18.6 Å². The van der Waals surface area contributed by atoms with Gasteiger partial charge in [-0.2, -0.15) is 0 Å². The minimum atomic E-state index is -0.726. The van der Waals surface area contributed by atoms with Crippen LogP contribution >= 0.6 is 23.2 Å². The molecule has 1 aromatic carbocycles. The molecule has 1 rings (SSSR count). The lowest BCUT2D eigenvalue weighted by Crippen LogP contribution is -2.27. The minimum Gasteiger partial charge on any atom is -0.388 e. The number of benzene rings is 1. The highest BCUT2D eigenvalue weighted by molar-refractivity contribution is 6.42. The van der Waals surface area contributed by atoms with Crippen LogP contribution in [0.1, 0.15) is 18.1 Å². The van der Waals surface area contributed by atoms with Crippen LogP contribution in [-0.4, -0.2) is 24.9 Å². The van der Waals surface area contributed by atoms with E-state index in [0.717, 1.165) is 0 Å². The Balaban J connectivity index is 2.72. The molecular weight excluding hydrogens is 249 g/mol. The summed E-state index contributed by atoms with van der Waals surface area (Å²) in [6.45, 7) is 0.398. The Morgan fingerprint density at radius 2 is 2.12 bits per heavy atom. The fourth-order valence-electron chi connectivity index (χ4n) is 1.47. The predicted octanol–water partition coefficient (Wildman–Crippen LogP) is 2.39. The average molecular weight is 264 g/mol. The van der Waals surface area contributed by atoms with E-state index in [4.69, 9.17) is 33.7 Å². The van der Waals surface area contributed by atoms with Gasteiger partial charge in [-0.3, -0.25) is 0 Å². The molecule has 0 fully saturated rings. The highest BCUT2D eigenvalue weighted by Crippen LogP contribution is 2.31. The lowest BCUT2D eigenvalue weighted by Gasteiger charge is -2.17. The van der Waals surface area contributed by atoms with Crippen molar-refractivity contribution in [1.82, 2.24) is 0 Å². The molecule has 0 aromatic heterocycles. The summed E-state index contributed by atoms with van der Waals surface area (Å²) in [6.07, 6.45) is -0.343. The standard InChI is InChI=1S/C11H15Cl2NO2/c1-16-6-7(14)5-10(15)8-3-2-4-9(12)11(8)13/h2-4,7,10,15H,5-6,14H2,1H3. The first-order valence-electron chi connectivity index (χ1n) is 4.92. The Hall–Kier alpha value is -0.320. The number of halogens is 2. The van der Waals surface area contributed by atoms with Crippen LogP contribution in [0.3, 0.4) is 0 Å². The molecule has 16 heavy (non-hydrogen) atoms. The lowest BCUT2D eigenvalue weighted by atomic mass is 10.0. The molecule has 0 aliphatic carbocycles. The number of ether oxygens (including phenoxy) is 1. The van der Waals surface area contributed by atoms with Crippen LogP contribution in [0.25, 0.3) is 0 Å². The molecule has 0 saturated heterocycles. The van der Waals surface area contributed by atoms with Gasteiger partial charge in [0.2, 0.25) is 0 Å². The van der Waals surface area contributed by atoms with Gasteiger partial charge in [0, 0.05) is 18.7 Å². The molecule has 2 atom stereocenters. The fraction of sp³-hybridized carbons (Fsp3) is 0.455. The second kappa shape index (κ2) is 6.42. The van der Waals surface area contributed by atoms with Crippen LogP contribution in [0.15, 0.2) is 18.2 Å². The topological polar surface area (TPSA) is 55.5 Å². The van der Waals surface area contributed by atoms with Gasteiger partial charge in [-0.15, -0.1) is 0 Å². The first kappa shape index (κ1) is 13.7. The van der Waals surface area contributed by atoms with E-state index in [-0.39, 0.29) is 6.04 Å². The maximum atomic E-state index is 9.94. The van der Waals surface area contributed by atoms with Crippen molar-refractivity contribution in [3.05, 3.63) is 33.8 Å². The van der Waals surface area contributed by atoms with Crippen molar-refractivity contribution in [2.75, 3.05) is 13.7 Å². The van der Waals surface area contributed by atoms with Crippen LogP contribution in [0.5, 0.6) is 0 Å². The molecule has 1 aromatic rings. The molecule has 0 saturated carbocycles. The first-order valence-corrected chi connectivity index (χ1v) is 5.68. The zero-order valence-corrected chi connectivity index (χ0v) is 10.5. The van der Waals surface area contributed by atoms with Crippen molar-refractivity contribution < 1.29 is 9.84 Å². The SMILES string of the molecule is COCC(N)CC(O)c1cccc(Cl)c1Cl. The van der Waals surface area contributed by atoms with Crippen LogP contribution in [-0.2, 0) is 4.74 Å². The maximum Gasteiger partial charge on any atom is 0.0820 e. The largest absolute Gasteiger partial charge is 0.388 e. The van der Waals surface area contributed by atoms with Crippen molar-refractivity contribution in [1.29, 1.82) is 0 Å². The van der Waals surface area contributed by atoms with E-state index in [9.17, 15) is 5.11 Å². The Labute approximate surface area is 105 Å². The highest BCUT2D eigenvalue weighted by Gasteiger charge is 2.16. The van der Waals surface area contributed by atoms with Crippen LogP contribution in [0.2, 0.25) is 10.0 Å². The van der Waals surface area contributed by atoms with Crippen LogP contribution in [0, 0.1) is 0 Å². The summed E-state index contributed by atoms with van der Waals surface area (Å²) in [5.74, 6) is 0. The normalized spacial score (nSPS) is 14.8. The van der Waals surface area contributed by atoms with E-state index in [0.29, 0.717) is 28.6 Å². The van der Waals surface area contributed by atoms with Crippen LogP contribution in [0.4, 0.5) is 0 Å². The zero-order chi connectivity index (χ0) is 12.1. The van der Waals surface area contributed by atoms with Gasteiger partial charge in [0.25, 0.3) is 0 Å². The summed E-state index contributed by atoms with van der Waals surface area (Å²) in [4.78, 5) is 0. The third kappa shape index (κ3) is 3.61. The zero-order valence-electron chi connectivity index (χ0n) is 8.99. The van der Waals surface area contributed by atoms with Crippen molar-refractivity contribution in [3.63, 3.8) is 0 Å². The lowest BCUT2D eigenvalue weighted by molar-refractivity contribution is 0.122. The Morgan fingerprint density at radius 1 is 1.44 bits per heavy atom. The molecule has 0 radical (unpaired) electrons. The van der Waals surface area contributed by atoms with Crippen LogP contribution < -0.4 is 5.73 Å². The number of aliphatic hydroxyl groups is 1. The Morgan fingerprint density at radius 3 is 2.75 bits per heavy atom. The summed E-state index contributed by atoms with van der Waals surface area (Å²) >= 11 is 11.8. The fourth-order valence-corrected chi connectivity index (χ4v) is 1.91. The number of aliphatic hydroxyl groups excluding tert-OH is 1. The first-order chi connectivity index (χ1) is 7.56. The van der Waals surface area contributed by atoms with Crippen molar-refractivity contribution in [3.8, 4) is 0 Å². The molecule has 3 nitrogen and oxygen atoms in total. The molecule has 0 spiro atoms. The molecular formula is C11H15Cl2NO2. The van der Waals surface area contributed by atoms with E-state index in [2.05, 4.69) is 0 Å². The van der Waals surface area contributed by atoms with E-state index < -0.39 is 6.10 Å².